The summed E-state index contributed by atoms with van der Waals surface area (Å²) in [5.74, 6) is -0.212. The first kappa shape index (κ1) is 19.4. The second-order valence-corrected chi connectivity index (χ2v) is 6.04. The van der Waals surface area contributed by atoms with E-state index in [4.69, 9.17) is 9.47 Å². The number of ether oxygens (including phenoxy) is 2. The highest BCUT2D eigenvalue weighted by Crippen LogP contribution is 2.22. The van der Waals surface area contributed by atoms with E-state index >= 15 is 0 Å². The van der Waals surface area contributed by atoms with Crippen molar-refractivity contribution in [2.45, 2.75) is 40.2 Å². The summed E-state index contributed by atoms with van der Waals surface area (Å²) in [7, 11) is 1.30. The molecule has 0 unspecified atom stereocenters. The minimum Gasteiger partial charge on any atom is -0.483 e. The number of rotatable bonds is 7. The third-order valence-electron chi connectivity index (χ3n) is 4.25. The monoisotopic (exact) mass is 357 g/mol. The molecular weight excluding hydrogens is 334 g/mol. The summed E-state index contributed by atoms with van der Waals surface area (Å²) in [4.78, 5) is 39.2. The number of hydrogen-bond donors (Lipinski definition) is 1. The van der Waals surface area contributed by atoms with Crippen LogP contribution < -0.4 is 4.74 Å². The highest BCUT2D eigenvalue weighted by Gasteiger charge is 2.26. The largest absolute Gasteiger partial charge is 0.483 e. The Morgan fingerprint density at radius 3 is 2.27 bits per heavy atom. The first-order valence-electron chi connectivity index (χ1n) is 8.41. The van der Waals surface area contributed by atoms with Crippen molar-refractivity contribution in [3.8, 4) is 5.75 Å². The van der Waals surface area contributed by atoms with E-state index in [0.29, 0.717) is 40.2 Å². The van der Waals surface area contributed by atoms with Crippen LogP contribution >= 0.6 is 0 Å². The van der Waals surface area contributed by atoms with Gasteiger partial charge in [-0.1, -0.05) is 6.92 Å². The van der Waals surface area contributed by atoms with Crippen LogP contribution in [0.4, 0.5) is 0 Å². The second-order valence-electron chi connectivity index (χ2n) is 6.04. The van der Waals surface area contributed by atoms with Gasteiger partial charge < -0.3 is 14.5 Å². The summed E-state index contributed by atoms with van der Waals surface area (Å²) in [5.41, 5.74) is 2.42. The number of aromatic nitrogens is 1. The van der Waals surface area contributed by atoms with Crippen molar-refractivity contribution in [2.24, 2.45) is 0 Å². The zero-order valence-electron chi connectivity index (χ0n) is 15.6. The molecule has 1 atom stereocenters. The van der Waals surface area contributed by atoms with Gasteiger partial charge in [0.05, 0.1) is 18.4 Å². The van der Waals surface area contributed by atoms with Gasteiger partial charge in [0, 0.05) is 17.7 Å². The lowest BCUT2D eigenvalue weighted by molar-refractivity contribution is 0.0599. The molecule has 0 bridgehead atoms. The molecule has 6 nitrogen and oxygen atoms in total. The van der Waals surface area contributed by atoms with Crippen LogP contribution in [0.2, 0.25) is 0 Å². The Bertz CT molecular complexity index is 833. The number of aryl methyl sites for hydroxylation is 1. The van der Waals surface area contributed by atoms with Crippen LogP contribution in [0.25, 0.3) is 0 Å². The number of carbonyl (C=O) groups excluding carboxylic acids is 3. The Morgan fingerprint density at radius 2 is 1.73 bits per heavy atom. The molecule has 1 heterocycles. The van der Waals surface area contributed by atoms with Gasteiger partial charge in [-0.25, -0.2) is 4.79 Å². The molecule has 6 heteroatoms. The molecule has 138 valence electrons. The molecule has 2 rings (SSSR count). The molecule has 0 radical (unpaired) electrons. The first-order valence-corrected chi connectivity index (χ1v) is 8.41. The fourth-order valence-corrected chi connectivity index (χ4v) is 2.79. The van der Waals surface area contributed by atoms with Crippen molar-refractivity contribution in [1.29, 1.82) is 0 Å². The van der Waals surface area contributed by atoms with E-state index in [1.165, 1.54) is 7.11 Å². The number of H-pyrrole nitrogens is 1. The summed E-state index contributed by atoms with van der Waals surface area (Å²) in [6.07, 6.45) is -0.326. The number of esters is 1. The molecule has 26 heavy (non-hydrogen) atoms. The Labute approximate surface area is 152 Å². The molecule has 1 aromatic carbocycles. The highest BCUT2D eigenvalue weighted by molar-refractivity contribution is 6.03. The molecule has 0 aliphatic rings. The zero-order valence-corrected chi connectivity index (χ0v) is 15.6. The van der Waals surface area contributed by atoms with Gasteiger partial charge >= 0.3 is 5.97 Å². The predicted octanol–water partition coefficient (Wildman–Crippen LogP) is 3.66. The minimum absolute atomic E-state index is 0.0495. The molecular formula is C20H23NO5. The van der Waals surface area contributed by atoms with Crippen molar-refractivity contribution in [1.82, 2.24) is 4.98 Å². The van der Waals surface area contributed by atoms with Crippen LogP contribution in [-0.2, 0) is 4.74 Å². The van der Waals surface area contributed by atoms with E-state index in [2.05, 4.69) is 4.98 Å². The smallest absolute Gasteiger partial charge is 0.339 e. The van der Waals surface area contributed by atoms with Crippen molar-refractivity contribution in [2.75, 3.05) is 7.11 Å². The SMILES string of the molecule is CCC(=O)c1ccc(O[C@H](C)C(=O)c2[nH]c(C)c(C(=O)OC)c2C)cc1. The lowest BCUT2D eigenvalue weighted by Gasteiger charge is -2.14. The molecule has 0 saturated heterocycles. The number of ketones is 2. The van der Waals surface area contributed by atoms with Crippen LogP contribution in [0, 0.1) is 13.8 Å². The third-order valence-corrected chi connectivity index (χ3v) is 4.25. The molecule has 1 N–H and O–H groups in total. The van der Waals surface area contributed by atoms with Crippen LogP contribution in [-0.4, -0.2) is 35.7 Å². The van der Waals surface area contributed by atoms with Gasteiger partial charge in [-0.2, -0.15) is 0 Å². The number of nitrogens with one attached hydrogen (secondary N) is 1. The molecule has 0 amide bonds. The maximum atomic E-state index is 12.7. The Kier molecular flexibility index (Phi) is 5.97. The molecule has 0 spiro atoms. The van der Waals surface area contributed by atoms with E-state index in [-0.39, 0.29) is 11.6 Å². The van der Waals surface area contributed by atoms with Crippen LogP contribution in [0.15, 0.2) is 24.3 Å². The average molecular weight is 357 g/mol. The minimum atomic E-state index is -0.759. The normalized spacial score (nSPS) is 11.7. The summed E-state index contributed by atoms with van der Waals surface area (Å²) in [6.45, 7) is 6.85. The standard InChI is InChI=1S/C20H23NO5/c1-6-16(22)14-7-9-15(10-8-14)26-13(4)19(23)18-11(2)17(12(3)21-18)20(24)25-5/h7-10,13,21H,6H2,1-5H3/t13-/m1/s1. The Hall–Kier alpha value is -2.89. The predicted molar refractivity (Wildman–Crippen MR) is 97.1 cm³/mol. The Balaban J connectivity index is 2.18. The fraction of sp³-hybridized carbons (Fsp3) is 0.350. The van der Waals surface area contributed by atoms with E-state index in [9.17, 15) is 14.4 Å². The van der Waals surface area contributed by atoms with Gasteiger partial charge in [0.15, 0.2) is 11.9 Å². The maximum Gasteiger partial charge on any atom is 0.339 e. The first-order chi connectivity index (χ1) is 12.3. The summed E-state index contributed by atoms with van der Waals surface area (Å²) < 4.78 is 10.5. The van der Waals surface area contributed by atoms with Gasteiger partial charge in [0.2, 0.25) is 5.78 Å². The lowest BCUT2D eigenvalue weighted by Crippen LogP contribution is -2.25. The van der Waals surface area contributed by atoms with Crippen LogP contribution in [0.3, 0.4) is 0 Å². The molecule has 0 aliphatic heterocycles. The topological polar surface area (TPSA) is 85.5 Å². The van der Waals surface area contributed by atoms with Gasteiger partial charge in [-0.3, -0.25) is 9.59 Å². The highest BCUT2D eigenvalue weighted by atomic mass is 16.5. The number of aromatic amines is 1. The molecule has 0 aliphatic carbocycles. The van der Waals surface area contributed by atoms with Crippen molar-refractivity contribution in [3.05, 3.63) is 52.3 Å². The molecule has 0 saturated carbocycles. The lowest BCUT2D eigenvalue weighted by atomic mass is 10.1. The zero-order chi connectivity index (χ0) is 19.4. The summed E-state index contributed by atoms with van der Waals surface area (Å²) >= 11 is 0. The van der Waals surface area contributed by atoms with Crippen molar-refractivity contribution in [3.63, 3.8) is 0 Å². The van der Waals surface area contributed by atoms with E-state index in [1.54, 1.807) is 52.0 Å². The quantitative estimate of drug-likeness (QED) is 0.604. The third kappa shape index (κ3) is 3.85. The maximum absolute atomic E-state index is 12.7. The molecule has 2 aromatic rings. The number of hydrogen-bond acceptors (Lipinski definition) is 5. The average Bonchev–Trinajstić information content (AvgIpc) is 2.94. The number of methoxy groups -OCH3 is 1. The summed E-state index contributed by atoms with van der Waals surface area (Å²) in [5, 5.41) is 0. The van der Waals surface area contributed by atoms with Crippen molar-refractivity contribution >= 4 is 17.5 Å². The molecule has 1 aromatic heterocycles. The number of benzene rings is 1. The second kappa shape index (κ2) is 7.99. The fourth-order valence-electron chi connectivity index (χ4n) is 2.79. The van der Waals surface area contributed by atoms with Gasteiger partial charge in [-0.05, 0) is 50.6 Å². The number of carbonyl (C=O) groups is 3. The Morgan fingerprint density at radius 1 is 1.12 bits per heavy atom. The van der Waals surface area contributed by atoms with E-state index < -0.39 is 12.1 Å². The van der Waals surface area contributed by atoms with E-state index in [0.717, 1.165) is 0 Å². The van der Waals surface area contributed by atoms with Gasteiger partial charge in [0.1, 0.15) is 5.75 Å². The van der Waals surface area contributed by atoms with Gasteiger partial charge in [0.25, 0.3) is 0 Å². The van der Waals surface area contributed by atoms with Crippen LogP contribution in [0.5, 0.6) is 5.75 Å². The van der Waals surface area contributed by atoms with Gasteiger partial charge in [-0.15, -0.1) is 0 Å². The number of Topliss-reactive ketones (excluding diaryl/α,β-unsaturated/α-hetero) is 2. The van der Waals surface area contributed by atoms with Crippen molar-refractivity contribution < 1.29 is 23.9 Å². The van der Waals surface area contributed by atoms with Crippen LogP contribution in [0.1, 0.15) is 62.7 Å². The van der Waals surface area contributed by atoms with E-state index in [1.807, 2.05) is 0 Å². The summed E-state index contributed by atoms with van der Waals surface area (Å²) in [6, 6.07) is 6.69. The molecule has 0 fully saturated rings.